The molecule has 0 amide bonds. The maximum atomic E-state index is 11.6. The molecular formula is C19H35IN4O3S. The molecule has 0 heterocycles. The molecular weight excluding hydrogens is 491 g/mol. The molecule has 0 unspecified atom stereocenters. The van der Waals surface area contributed by atoms with Crippen LogP contribution in [0, 0.1) is 0 Å². The number of halogens is 1. The fourth-order valence-corrected chi connectivity index (χ4v) is 3.60. The quantitative estimate of drug-likeness (QED) is 0.208. The average Bonchev–Trinajstić information content (AvgIpc) is 2.61. The van der Waals surface area contributed by atoms with Crippen LogP contribution in [-0.2, 0) is 16.6 Å². The zero-order chi connectivity index (χ0) is 20.3. The smallest absolute Gasteiger partial charge is 0.211 e. The Bertz CT molecular complexity index is 681. The number of nitrogens with zero attached hydrogens (tertiary/aromatic N) is 3. The third-order valence-electron chi connectivity index (χ3n) is 4.00. The van der Waals surface area contributed by atoms with Crippen LogP contribution in [0.5, 0.6) is 5.75 Å². The van der Waals surface area contributed by atoms with E-state index in [1.165, 1.54) is 16.1 Å². The van der Waals surface area contributed by atoms with E-state index in [2.05, 4.69) is 27.3 Å². The van der Waals surface area contributed by atoms with Crippen LogP contribution in [0.25, 0.3) is 0 Å². The fourth-order valence-electron chi connectivity index (χ4n) is 2.67. The summed E-state index contributed by atoms with van der Waals surface area (Å²) in [6.45, 7) is 9.55. The first-order valence-corrected chi connectivity index (χ1v) is 11.3. The largest absolute Gasteiger partial charge is 0.494 e. The first-order chi connectivity index (χ1) is 12.8. The van der Waals surface area contributed by atoms with E-state index in [1.54, 1.807) is 0 Å². The lowest BCUT2D eigenvalue weighted by Crippen LogP contribution is -2.38. The number of benzene rings is 1. The summed E-state index contributed by atoms with van der Waals surface area (Å²) in [5, 5.41) is 3.29. The van der Waals surface area contributed by atoms with Crippen molar-refractivity contribution < 1.29 is 13.2 Å². The van der Waals surface area contributed by atoms with Gasteiger partial charge in [0.15, 0.2) is 5.96 Å². The molecule has 0 atom stereocenters. The van der Waals surface area contributed by atoms with Crippen molar-refractivity contribution in [2.24, 2.45) is 4.99 Å². The van der Waals surface area contributed by atoms with E-state index in [9.17, 15) is 8.42 Å². The molecule has 1 aromatic rings. The normalized spacial score (nSPS) is 11.9. The number of sulfonamides is 1. The van der Waals surface area contributed by atoms with Gasteiger partial charge in [-0.1, -0.05) is 19.1 Å². The summed E-state index contributed by atoms with van der Waals surface area (Å²) in [6, 6.07) is 8.05. The van der Waals surface area contributed by atoms with E-state index in [0.717, 1.165) is 24.8 Å². The number of rotatable bonds is 11. The van der Waals surface area contributed by atoms with Crippen LogP contribution in [0.15, 0.2) is 29.3 Å². The Kier molecular flexibility index (Phi) is 13.5. The number of hydrogen-bond acceptors (Lipinski definition) is 4. The van der Waals surface area contributed by atoms with Crippen molar-refractivity contribution in [2.75, 3.05) is 46.1 Å². The highest BCUT2D eigenvalue weighted by Gasteiger charge is 2.13. The van der Waals surface area contributed by atoms with E-state index in [0.29, 0.717) is 32.7 Å². The molecule has 1 aromatic carbocycles. The highest BCUT2D eigenvalue weighted by Crippen LogP contribution is 2.13. The van der Waals surface area contributed by atoms with Gasteiger partial charge in [0.05, 0.1) is 12.9 Å². The molecule has 0 bridgehead atoms. The van der Waals surface area contributed by atoms with Crippen molar-refractivity contribution >= 4 is 40.0 Å². The summed E-state index contributed by atoms with van der Waals surface area (Å²) in [5.74, 6) is 1.68. The molecule has 0 saturated carbocycles. The van der Waals surface area contributed by atoms with Crippen molar-refractivity contribution in [2.45, 2.75) is 33.7 Å². The van der Waals surface area contributed by atoms with Crippen LogP contribution in [0.3, 0.4) is 0 Å². The van der Waals surface area contributed by atoms with Gasteiger partial charge in [-0.05, 0) is 38.0 Å². The number of aliphatic imine (C=N–C) groups is 1. The van der Waals surface area contributed by atoms with Crippen LogP contribution >= 0.6 is 24.0 Å². The van der Waals surface area contributed by atoms with E-state index in [-0.39, 0.29) is 24.0 Å². The second kappa shape index (κ2) is 14.0. The predicted octanol–water partition coefficient (Wildman–Crippen LogP) is 2.77. The Morgan fingerprint density at radius 1 is 1.18 bits per heavy atom. The summed E-state index contributed by atoms with van der Waals surface area (Å²) in [6.07, 6.45) is 1.93. The second-order valence-corrected chi connectivity index (χ2v) is 8.26. The topological polar surface area (TPSA) is 74.2 Å². The van der Waals surface area contributed by atoms with Gasteiger partial charge in [-0.15, -0.1) is 24.0 Å². The van der Waals surface area contributed by atoms with Gasteiger partial charge in [-0.3, -0.25) is 4.99 Å². The molecule has 0 fully saturated rings. The predicted molar refractivity (Wildman–Crippen MR) is 127 cm³/mol. The third kappa shape index (κ3) is 9.92. The molecule has 28 heavy (non-hydrogen) atoms. The van der Waals surface area contributed by atoms with E-state index < -0.39 is 10.0 Å². The Labute approximate surface area is 187 Å². The lowest BCUT2D eigenvalue weighted by molar-refractivity contribution is 0.340. The molecule has 0 radical (unpaired) electrons. The molecule has 0 saturated heterocycles. The van der Waals surface area contributed by atoms with Crippen LogP contribution in [0.1, 0.15) is 32.8 Å². The first-order valence-electron chi connectivity index (χ1n) is 9.48. The van der Waals surface area contributed by atoms with Gasteiger partial charge in [0.1, 0.15) is 5.75 Å². The van der Waals surface area contributed by atoms with Gasteiger partial charge in [0.2, 0.25) is 10.0 Å². The highest BCUT2D eigenvalue weighted by molar-refractivity contribution is 14.0. The maximum Gasteiger partial charge on any atom is 0.211 e. The summed E-state index contributed by atoms with van der Waals surface area (Å²) in [7, 11) is -1.15. The Morgan fingerprint density at radius 3 is 2.32 bits per heavy atom. The molecule has 9 heteroatoms. The zero-order valence-corrected chi connectivity index (χ0v) is 20.8. The van der Waals surface area contributed by atoms with Crippen LogP contribution < -0.4 is 10.1 Å². The Balaban J connectivity index is 0.00000729. The number of guanidine groups is 1. The van der Waals surface area contributed by atoms with E-state index in [1.807, 2.05) is 40.0 Å². The Hall–Kier alpha value is -1.07. The van der Waals surface area contributed by atoms with Crippen molar-refractivity contribution in [1.29, 1.82) is 0 Å². The van der Waals surface area contributed by atoms with Crippen LogP contribution in [-0.4, -0.2) is 69.7 Å². The summed E-state index contributed by atoms with van der Waals surface area (Å²) in [4.78, 5) is 6.69. The van der Waals surface area contributed by atoms with Crippen LogP contribution in [0.4, 0.5) is 0 Å². The standard InChI is InChI=1S/C19H34N4O3S.HI/c1-6-20-19(21-14-9-15-23(7-2)27(5,24)25)22(4)16-17-10-12-18(13-11-17)26-8-3;/h10-13H,6-9,14-16H2,1-5H3,(H,20,21);1H. The molecule has 0 aromatic heterocycles. The lowest BCUT2D eigenvalue weighted by Gasteiger charge is -2.22. The summed E-state index contributed by atoms with van der Waals surface area (Å²) in [5.41, 5.74) is 1.17. The second-order valence-electron chi connectivity index (χ2n) is 6.28. The van der Waals surface area contributed by atoms with Crippen molar-refractivity contribution in [1.82, 2.24) is 14.5 Å². The van der Waals surface area contributed by atoms with E-state index in [4.69, 9.17) is 4.74 Å². The molecule has 0 spiro atoms. The first kappa shape index (κ1) is 26.9. The van der Waals surface area contributed by atoms with Gasteiger partial charge >= 0.3 is 0 Å². The molecule has 1 N–H and O–H groups in total. The minimum Gasteiger partial charge on any atom is -0.494 e. The third-order valence-corrected chi connectivity index (χ3v) is 5.38. The van der Waals surface area contributed by atoms with Gasteiger partial charge in [0.25, 0.3) is 0 Å². The minimum absolute atomic E-state index is 0. The molecule has 0 aliphatic rings. The number of hydrogen-bond donors (Lipinski definition) is 1. The molecule has 162 valence electrons. The fraction of sp³-hybridized carbons (Fsp3) is 0.632. The zero-order valence-electron chi connectivity index (χ0n) is 17.6. The van der Waals surface area contributed by atoms with Crippen molar-refractivity contribution in [3.05, 3.63) is 29.8 Å². The van der Waals surface area contributed by atoms with Crippen molar-refractivity contribution in [3.63, 3.8) is 0 Å². The molecule has 0 aliphatic carbocycles. The van der Waals surface area contributed by atoms with Crippen LogP contribution in [0.2, 0.25) is 0 Å². The molecule has 0 aliphatic heterocycles. The summed E-state index contributed by atoms with van der Waals surface area (Å²) >= 11 is 0. The van der Waals surface area contributed by atoms with Gasteiger partial charge in [0, 0.05) is 39.8 Å². The number of nitrogens with one attached hydrogen (secondary N) is 1. The Morgan fingerprint density at radius 2 is 1.82 bits per heavy atom. The minimum atomic E-state index is -3.14. The van der Waals surface area contributed by atoms with Gasteiger partial charge < -0.3 is 15.0 Å². The lowest BCUT2D eigenvalue weighted by atomic mass is 10.2. The average molecular weight is 526 g/mol. The SMILES string of the molecule is CCNC(=NCCCN(CC)S(C)(=O)=O)N(C)Cc1ccc(OCC)cc1.I. The maximum absolute atomic E-state index is 11.6. The van der Waals surface area contributed by atoms with E-state index >= 15 is 0 Å². The monoisotopic (exact) mass is 526 g/mol. The number of ether oxygens (including phenoxy) is 1. The van der Waals surface area contributed by atoms with Gasteiger partial charge in [-0.25, -0.2) is 12.7 Å². The summed E-state index contributed by atoms with van der Waals surface area (Å²) < 4.78 is 30.2. The van der Waals surface area contributed by atoms with Gasteiger partial charge in [-0.2, -0.15) is 0 Å². The van der Waals surface area contributed by atoms with Crippen molar-refractivity contribution in [3.8, 4) is 5.75 Å². The molecule has 1 rings (SSSR count). The molecule has 7 nitrogen and oxygen atoms in total. The highest BCUT2D eigenvalue weighted by atomic mass is 127.